The number of hydrogen-bond acceptors (Lipinski definition) is 3. The monoisotopic (exact) mass is 177 g/mol. The Balaban J connectivity index is 2.52. The SMILES string of the molecule is N#CCC(=O)C=Cc1cccs1. The molecule has 0 aliphatic carbocycles. The van der Waals surface area contributed by atoms with Crippen LogP contribution in [0, 0.1) is 11.3 Å². The molecule has 0 saturated carbocycles. The van der Waals surface area contributed by atoms with Gasteiger partial charge in [0.15, 0.2) is 5.78 Å². The number of nitrogens with zero attached hydrogens (tertiary/aromatic N) is 1. The molecule has 0 N–H and O–H groups in total. The van der Waals surface area contributed by atoms with Crippen LogP contribution in [0.15, 0.2) is 23.6 Å². The van der Waals surface area contributed by atoms with Crippen molar-refractivity contribution in [3.63, 3.8) is 0 Å². The topological polar surface area (TPSA) is 40.9 Å². The van der Waals surface area contributed by atoms with Crippen LogP contribution >= 0.6 is 11.3 Å². The third-order valence-corrected chi connectivity index (χ3v) is 2.07. The second kappa shape index (κ2) is 4.47. The van der Waals surface area contributed by atoms with E-state index in [1.54, 1.807) is 23.5 Å². The molecule has 12 heavy (non-hydrogen) atoms. The van der Waals surface area contributed by atoms with Gasteiger partial charge >= 0.3 is 0 Å². The summed E-state index contributed by atoms with van der Waals surface area (Å²) in [6.45, 7) is 0. The van der Waals surface area contributed by atoms with Crippen LogP contribution in [0.2, 0.25) is 0 Å². The first-order chi connectivity index (χ1) is 5.83. The van der Waals surface area contributed by atoms with Crippen molar-refractivity contribution in [2.24, 2.45) is 0 Å². The molecule has 1 aromatic heterocycles. The molecule has 0 aliphatic heterocycles. The molecule has 3 heteroatoms. The van der Waals surface area contributed by atoms with Crippen LogP contribution in [0.25, 0.3) is 6.08 Å². The summed E-state index contributed by atoms with van der Waals surface area (Å²) < 4.78 is 0. The summed E-state index contributed by atoms with van der Waals surface area (Å²) in [4.78, 5) is 11.9. The second-order valence-electron chi connectivity index (χ2n) is 2.15. The standard InChI is InChI=1S/C9H7NOS/c10-6-5-8(11)3-4-9-2-1-7-12-9/h1-4,7H,5H2. The van der Waals surface area contributed by atoms with E-state index >= 15 is 0 Å². The lowest BCUT2D eigenvalue weighted by molar-refractivity contribution is -0.113. The Bertz CT molecular complexity index is 319. The number of nitriles is 1. The number of ketones is 1. The van der Waals surface area contributed by atoms with Crippen LogP contribution in [-0.2, 0) is 4.79 Å². The molecule has 0 bridgehead atoms. The van der Waals surface area contributed by atoms with Crippen LogP contribution in [0.5, 0.6) is 0 Å². The second-order valence-corrected chi connectivity index (χ2v) is 3.13. The zero-order valence-electron chi connectivity index (χ0n) is 6.36. The maximum absolute atomic E-state index is 10.8. The Morgan fingerprint density at radius 3 is 3.17 bits per heavy atom. The summed E-state index contributed by atoms with van der Waals surface area (Å²) in [5.41, 5.74) is 0. The molecule has 0 saturated heterocycles. The van der Waals surface area contributed by atoms with E-state index in [-0.39, 0.29) is 12.2 Å². The van der Waals surface area contributed by atoms with Crippen molar-refractivity contribution in [3.05, 3.63) is 28.5 Å². The predicted octanol–water partition coefficient (Wildman–Crippen LogP) is 2.24. The molecule has 0 aliphatic rings. The smallest absolute Gasteiger partial charge is 0.169 e. The Labute approximate surface area is 74.8 Å². The van der Waals surface area contributed by atoms with Crippen molar-refractivity contribution in [3.8, 4) is 6.07 Å². The molecule has 0 atom stereocenters. The number of carbonyl (C=O) groups is 1. The fraction of sp³-hybridized carbons (Fsp3) is 0.111. The Hall–Kier alpha value is -1.40. The van der Waals surface area contributed by atoms with E-state index < -0.39 is 0 Å². The molecular formula is C9H7NOS. The van der Waals surface area contributed by atoms with Crippen molar-refractivity contribution >= 4 is 23.2 Å². The first-order valence-electron chi connectivity index (χ1n) is 3.44. The van der Waals surface area contributed by atoms with Gasteiger partial charge < -0.3 is 0 Å². The number of rotatable bonds is 3. The highest BCUT2D eigenvalue weighted by Gasteiger charge is 1.93. The first-order valence-corrected chi connectivity index (χ1v) is 4.32. The van der Waals surface area contributed by atoms with Gasteiger partial charge in [-0.1, -0.05) is 6.07 Å². The molecule has 0 aromatic carbocycles. The largest absolute Gasteiger partial charge is 0.294 e. The molecule has 0 unspecified atom stereocenters. The van der Waals surface area contributed by atoms with Gasteiger partial charge in [-0.25, -0.2) is 0 Å². The quantitative estimate of drug-likeness (QED) is 0.664. The third-order valence-electron chi connectivity index (χ3n) is 1.23. The lowest BCUT2D eigenvalue weighted by Gasteiger charge is -1.82. The van der Waals surface area contributed by atoms with Crippen LogP contribution < -0.4 is 0 Å². The molecule has 0 radical (unpaired) electrons. The average molecular weight is 177 g/mol. The molecule has 1 heterocycles. The van der Waals surface area contributed by atoms with E-state index in [9.17, 15) is 4.79 Å². The summed E-state index contributed by atoms with van der Waals surface area (Å²) in [5.74, 6) is -0.147. The zero-order valence-corrected chi connectivity index (χ0v) is 7.17. The van der Waals surface area contributed by atoms with E-state index in [0.29, 0.717) is 0 Å². The number of hydrogen-bond donors (Lipinski definition) is 0. The van der Waals surface area contributed by atoms with E-state index in [1.807, 2.05) is 17.5 Å². The maximum atomic E-state index is 10.8. The van der Waals surface area contributed by atoms with Gasteiger partial charge in [-0.2, -0.15) is 5.26 Å². The molecule has 0 spiro atoms. The van der Waals surface area contributed by atoms with Crippen molar-refractivity contribution < 1.29 is 4.79 Å². The van der Waals surface area contributed by atoms with Crippen LogP contribution in [0.4, 0.5) is 0 Å². The van der Waals surface area contributed by atoms with Gasteiger partial charge in [0.1, 0.15) is 0 Å². The van der Waals surface area contributed by atoms with E-state index in [4.69, 9.17) is 5.26 Å². The molecule has 1 rings (SSSR count). The normalized spacial score (nSPS) is 9.92. The summed E-state index contributed by atoms with van der Waals surface area (Å²) in [6, 6.07) is 5.63. The minimum atomic E-state index is -0.147. The average Bonchev–Trinajstić information content (AvgIpc) is 2.53. The fourth-order valence-corrected chi connectivity index (χ4v) is 1.32. The Morgan fingerprint density at radius 1 is 1.75 bits per heavy atom. The summed E-state index contributed by atoms with van der Waals surface area (Å²) >= 11 is 1.56. The maximum Gasteiger partial charge on any atom is 0.169 e. The molecular weight excluding hydrogens is 170 g/mol. The Kier molecular flexibility index (Phi) is 3.24. The number of allylic oxidation sites excluding steroid dienone is 1. The first kappa shape index (κ1) is 8.69. The minimum Gasteiger partial charge on any atom is -0.294 e. The van der Waals surface area contributed by atoms with Crippen molar-refractivity contribution in [1.29, 1.82) is 5.26 Å². The molecule has 0 fully saturated rings. The van der Waals surface area contributed by atoms with Crippen LogP contribution in [0.3, 0.4) is 0 Å². The summed E-state index contributed by atoms with van der Waals surface area (Å²) in [7, 11) is 0. The highest BCUT2D eigenvalue weighted by atomic mass is 32.1. The van der Waals surface area contributed by atoms with Gasteiger partial charge in [0.25, 0.3) is 0 Å². The highest BCUT2D eigenvalue weighted by molar-refractivity contribution is 7.10. The van der Waals surface area contributed by atoms with Crippen molar-refractivity contribution in [2.75, 3.05) is 0 Å². The lowest BCUT2D eigenvalue weighted by atomic mass is 10.3. The number of carbonyl (C=O) groups excluding carboxylic acids is 1. The van der Waals surface area contributed by atoms with Gasteiger partial charge in [0.05, 0.1) is 12.5 Å². The molecule has 60 valence electrons. The highest BCUT2D eigenvalue weighted by Crippen LogP contribution is 2.10. The van der Waals surface area contributed by atoms with Gasteiger partial charge in [0.2, 0.25) is 0 Å². The van der Waals surface area contributed by atoms with Gasteiger partial charge in [-0.15, -0.1) is 11.3 Å². The molecule has 0 amide bonds. The number of thiophene rings is 1. The van der Waals surface area contributed by atoms with Gasteiger partial charge in [-0.3, -0.25) is 4.79 Å². The summed E-state index contributed by atoms with van der Waals surface area (Å²) in [6.07, 6.45) is 3.13. The summed E-state index contributed by atoms with van der Waals surface area (Å²) in [5, 5.41) is 10.1. The van der Waals surface area contributed by atoms with Crippen LogP contribution in [0.1, 0.15) is 11.3 Å². The zero-order chi connectivity index (χ0) is 8.81. The van der Waals surface area contributed by atoms with Crippen molar-refractivity contribution in [1.82, 2.24) is 0 Å². The fourth-order valence-electron chi connectivity index (χ4n) is 0.698. The Morgan fingerprint density at radius 2 is 2.58 bits per heavy atom. The molecule has 2 nitrogen and oxygen atoms in total. The van der Waals surface area contributed by atoms with E-state index in [2.05, 4.69) is 0 Å². The van der Waals surface area contributed by atoms with Crippen LogP contribution in [-0.4, -0.2) is 5.78 Å². The van der Waals surface area contributed by atoms with E-state index in [1.165, 1.54) is 6.08 Å². The van der Waals surface area contributed by atoms with Gasteiger partial charge in [0, 0.05) is 4.88 Å². The lowest BCUT2D eigenvalue weighted by Crippen LogP contribution is -1.87. The predicted molar refractivity (Wildman–Crippen MR) is 48.6 cm³/mol. The third kappa shape index (κ3) is 2.69. The van der Waals surface area contributed by atoms with Gasteiger partial charge in [-0.05, 0) is 23.6 Å². The van der Waals surface area contributed by atoms with E-state index in [0.717, 1.165) is 4.88 Å². The van der Waals surface area contributed by atoms with Crippen molar-refractivity contribution in [2.45, 2.75) is 6.42 Å². The minimum absolute atomic E-state index is 0.0398. The molecule has 1 aromatic rings.